The molecule has 132 valence electrons. The van der Waals surface area contributed by atoms with E-state index in [1.165, 1.54) is 0 Å². The number of hydrogen-bond acceptors (Lipinski definition) is 4. The average Bonchev–Trinajstić information content (AvgIpc) is 2.70. The normalized spacial score (nSPS) is 20.1. The number of aromatic hydroxyl groups is 2. The summed E-state index contributed by atoms with van der Waals surface area (Å²) in [5.74, 6) is 1.97. The highest BCUT2D eigenvalue weighted by atomic mass is 16.5. The summed E-state index contributed by atoms with van der Waals surface area (Å²) >= 11 is 0. The highest BCUT2D eigenvalue weighted by Crippen LogP contribution is 2.53. The van der Waals surface area contributed by atoms with Gasteiger partial charge in [-0.1, -0.05) is 6.07 Å². The van der Waals surface area contributed by atoms with Crippen LogP contribution in [0.5, 0.6) is 23.0 Å². The fraction of sp³-hybridized carbons (Fsp3) is 0.429. The van der Waals surface area contributed by atoms with Gasteiger partial charge in [0.1, 0.15) is 17.1 Å². The Labute approximate surface area is 148 Å². The molecule has 0 fully saturated rings. The number of hydrogen-bond donors (Lipinski definition) is 2. The lowest BCUT2D eigenvalue weighted by Crippen LogP contribution is -2.36. The molecule has 1 aliphatic heterocycles. The molecule has 0 amide bonds. The zero-order valence-corrected chi connectivity index (χ0v) is 15.1. The molecule has 2 aromatic carbocycles. The molecule has 2 aromatic rings. The predicted molar refractivity (Wildman–Crippen MR) is 96.1 cm³/mol. The van der Waals surface area contributed by atoms with Crippen molar-refractivity contribution in [2.75, 3.05) is 7.11 Å². The molecule has 25 heavy (non-hydrogen) atoms. The highest BCUT2D eigenvalue weighted by molar-refractivity contribution is 5.62. The number of phenols is 2. The fourth-order valence-electron chi connectivity index (χ4n) is 4.36. The zero-order chi connectivity index (χ0) is 17.9. The van der Waals surface area contributed by atoms with Crippen LogP contribution in [-0.2, 0) is 12.8 Å². The SMILES string of the molecule is COc1ccc2c(c1O)CCc1cc(O)c(C)c3c1C2CC(C)(C)O3. The van der Waals surface area contributed by atoms with E-state index in [9.17, 15) is 10.2 Å². The summed E-state index contributed by atoms with van der Waals surface area (Å²) in [6.07, 6.45) is 2.30. The summed E-state index contributed by atoms with van der Waals surface area (Å²) in [7, 11) is 1.57. The van der Waals surface area contributed by atoms with Gasteiger partial charge in [-0.25, -0.2) is 0 Å². The van der Waals surface area contributed by atoms with Gasteiger partial charge in [-0.15, -0.1) is 0 Å². The summed E-state index contributed by atoms with van der Waals surface area (Å²) in [4.78, 5) is 0. The Bertz CT molecular complexity index is 867. The Morgan fingerprint density at radius 3 is 2.68 bits per heavy atom. The molecule has 1 atom stereocenters. The van der Waals surface area contributed by atoms with Crippen LogP contribution in [0.25, 0.3) is 0 Å². The topological polar surface area (TPSA) is 58.9 Å². The maximum Gasteiger partial charge on any atom is 0.161 e. The van der Waals surface area contributed by atoms with Crippen LogP contribution < -0.4 is 9.47 Å². The van der Waals surface area contributed by atoms with Crippen molar-refractivity contribution in [1.29, 1.82) is 0 Å². The van der Waals surface area contributed by atoms with Crippen molar-refractivity contribution in [3.05, 3.63) is 46.0 Å². The van der Waals surface area contributed by atoms with Gasteiger partial charge in [-0.2, -0.15) is 0 Å². The lowest BCUT2D eigenvalue weighted by molar-refractivity contribution is 0.0758. The number of aryl methyl sites for hydroxylation is 1. The summed E-state index contributed by atoms with van der Waals surface area (Å²) in [5, 5.41) is 21.0. The van der Waals surface area contributed by atoms with E-state index in [1.807, 2.05) is 19.1 Å². The quantitative estimate of drug-likeness (QED) is 0.816. The second-order valence-electron chi connectivity index (χ2n) is 7.73. The number of phenolic OH excluding ortho intramolecular Hbond substituents is 2. The Balaban J connectivity index is 2.01. The van der Waals surface area contributed by atoms with Crippen LogP contribution in [0.15, 0.2) is 18.2 Å². The molecule has 2 N–H and O–H groups in total. The van der Waals surface area contributed by atoms with Crippen LogP contribution in [0, 0.1) is 6.92 Å². The second-order valence-corrected chi connectivity index (χ2v) is 7.73. The van der Waals surface area contributed by atoms with E-state index in [0.717, 1.165) is 46.4 Å². The lowest BCUT2D eigenvalue weighted by Gasteiger charge is -2.39. The van der Waals surface area contributed by atoms with E-state index >= 15 is 0 Å². The molecule has 0 radical (unpaired) electrons. The van der Waals surface area contributed by atoms with Crippen LogP contribution in [0.2, 0.25) is 0 Å². The first-order valence-corrected chi connectivity index (χ1v) is 8.75. The zero-order valence-electron chi connectivity index (χ0n) is 15.1. The number of methoxy groups -OCH3 is 1. The molecule has 0 spiro atoms. The molecule has 0 bridgehead atoms. The Kier molecular flexibility index (Phi) is 3.43. The molecule has 4 rings (SSSR count). The van der Waals surface area contributed by atoms with Gasteiger partial charge in [0.2, 0.25) is 0 Å². The third-order valence-electron chi connectivity index (χ3n) is 5.57. The van der Waals surface area contributed by atoms with E-state index in [-0.39, 0.29) is 23.0 Å². The van der Waals surface area contributed by atoms with Crippen molar-refractivity contribution in [3.63, 3.8) is 0 Å². The minimum absolute atomic E-state index is 0.141. The maximum atomic E-state index is 10.7. The maximum absolute atomic E-state index is 10.7. The van der Waals surface area contributed by atoms with Gasteiger partial charge in [-0.3, -0.25) is 0 Å². The summed E-state index contributed by atoms with van der Waals surface area (Å²) in [6.45, 7) is 6.06. The van der Waals surface area contributed by atoms with Crippen molar-refractivity contribution < 1.29 is 19.7 Å². The van der Waals surface area contributed by atoms with Crippen molar-refractivity contribution in [1.82, 2.24) is 0 Å². The minimum atomic E-state index is -0.343. The smallest absolute Gasteiger partial charge is 0.161 e. The van der Waals surface area contributed by atoms with E-state index < -0.39 is 0 Å². The second kappa shape index (κ2) is 5.32. The monoisotopic (exact) mass is 340 g/mol. The first-order chi connectivity index (χ1) is 11.8. The minimum Gasteiger partial charge on any atom is -0.508 e. The molecular formula is C21H24O4. The molecule has 1 aliphatic carbocycles. The molecular weight excluding hydrogens is 316 g/mol. The summed E-state index contributed by atoms with van der Waals surface area (Å²) in [5.41, 5.74) is 4.80. The summed E-state index contributed by atoms with van der Waals surface area (Å²) < 4.78 is 11.6. The van der Waals surface area contributed by atoms with Gasteiger partial charge in [0, 0.05) is 22.6 Å². The van der Waals surface area contributed by atoms with Gasteiger partial charge < -0.3 is 19.7 Å². The molecule has 0 saturated heterocycles. The van der Waals surface area contributed by atoms with Crippen LogP contribution in [-0.4, -0.2) is 22.9 Å². The molecule has 2 aliphatic rings. The van der Waals surface area contributed by atoms with Gasteiger partial charge in [0.25, 0.3) is 0 Å². The lowest BCUT2D eigenvalue weighted by atomic mass is 9.77. The Morgan fingerprint density at radius 2 is 1.96 bits per heavy atom. The van der Waals surface area contributed by atoms with Crippen LogP contribution >= 0.6 is 0 Å². The number of rotatable bonds is 1. The van der Waals surface area contributed by atoms with Crippen LogP contribution in [0.3, 0.4) is 0 Å². The van der Waals surface area contributed by atoms with Gasteiger partial charge in [0.15, 0.2) is 11.5 Å². The molecule has 0 saturated carbocycles. The van der Waals surface area contributed by atoms with Crippen molar-refractivity contribution >= 4 is 0 Å². The van der Waals surface area contributed by atoms with Gasteiger partial charge in [-0.05, 0) is 63.3 Å². The van der Waals surface area contributed by atoms with Gasteiger partial charge in [0.05, 0.1) is 7.11 Å². The average molecular weight is 340 g/mol. The van der Waals surface area contributed by atoms with Crippen molar-refractivity contribution in [3.8, 4) is 23.0 Å². The highest BCUT2D eigenvalue weighted by Gasteiger charge is 2.40. The fourth-order valence-corrected chi connectivity index (χ4v) is 4.36. The standard InChI is InChI=1S/C21H24O4/c1-11-16(22)9-12-5-6-14-13(7-8-17(24-4)19(14)23)15-10-21(2,3)25-20(11)18(12)15/h7-9,15,22-23H,5-6,10H2,1-4H3. The largest absolute Gasteiger partial charge is 0.508 e. The van der Waals surface area contributed by atoms with Crippen molar-refractivity contribution in [2.45, 2.75) is 51.6 Å². The van der Waals surface area contributed by atoms with E-state index in [0.29, 0.717) is 12.2 Å². The number of ether oxygens (including phenoxy) is 2. The van der Waals surface area contributed by atoms with Crippen LogP contribution in [0.4, 0.5) is 0 Å². The Morgan fingerprint density at radius 1 is 1.20 bits per heavy atom. The number of fused-ring (bicyclic) bond motifs is 2. The first kappa shape index (κ1) is 16.1. The molecule has 4 nitrogen and oxygen atoms in total. The third-order valence-corrected chi connectivity index (χ3v) is 5.57. The van der Waals surface area contributed by atoms with E-state index in [2.05, 4.69) is 19.9 Å². The van der Waals surface area contributed by atoms with Crippen molar-refractivity contribution in [2.24, 2.45) is 0 Å². The first-order valence-electron chi connectivity index (χ1n) is 8.75. The summed E-state index contributed by atoms with van der Waals surface area (Å²) in [6, 6.07) is 5.78. The molecule has 4 heteroatoms. The Hall–Kier alpha value is -2.36. The molecule has 1 unspecified atom stereocenters. The van der Waals surface area contributed by atoms with Crippen LogP contribution in [0.1, 0.15) is 54.0 Å². The van der Waals surface area contributed by atoms with E-state index in [4.69, 9.17) is 9.47 Å². The third kappa shape index (κ3) is 2.35. The van der Waals surface area contributed by atoms with E-state index in [1.54, 1.807) is 7.11 Å². The predicted octanol–water partition coefficient (Wildman–Crippen LogP) is 4.21. The van der Waals surface area contributed by atoms with Gasteiger partial charge >= 0.3 is 0 Å². The molecule has 0 aromatic heterocycles. The molecule has 1 heterocycles. The number of benzene rings is 2.